The predicted molar refractivity (Wildman–Crippen MR) is 126 cm³/mol. The lowest BCUT2D eigenvalue weighted by atomic mass is 9.89. The number of unbranched alkanes of at least 4 members (excludes halogenated alkanes) is 1. The molecule has 36 heavy (non-hydrogen) atoms. The van der Waals surface area contributed by atoms with Gasteiger partial charge < -0.3 is 44.5 Å². The van der Waals surface area contributed by atoms with E-state index >= 15 is 0 Å². The Morgan fingerprint density at radius 1 is 1.06 bits per heavy atom. The molecule has 0 aromatic heterocycles. The van der Waals surface area contributed by atoms with Crippen LogP contribution in [0.1, 0.15) is 52.0 Å². The van der Waals surface area contributed by atoms with Crippen molar-refractivity contribution in [1.82, 2.24) is 0 Å². The minimum absolute atomic E-state index is 0.0284. The lowest BCUT2D eigenvalue weighted by molar-refractivity contribution is -0.277. The molecular formula is C25H38O11. The molecule has 1 fully saturated rings. The minimum Gasteiger partial charge on any atom is -0.466 e. The fourth-order valence-electron chi connectivity index (χ4n) is 3.77. The van der Waals surface area contributed by atoms with Crippen LogP contribution >= 0.6 is 0 Å². The van der Waals surface area contributed by atoms with Crippen LogP contribution in [-0.2, 0) is 30.4 Å². The summed E-state index contributed by atoms with van der Waals surface area (Å²) in [6.07, 6.45) is -5.96. The molecular weight excluding hydrogens is 476 g/mol. The van der Waals surface area contributed by atoms with Crippen molar-refractivity contribution in [3.8, 4) is 5.75 Å². The van der Waals surface area contributed by atoms with Crippen LogP contribution in [0.15, 0.2) is 24.3 Å². The molecule has 5 N–H and O–H groups in total. The third kappa shape index (κ3) is 8.39. The fourth-order valence-corrected chi connectivity index (χ4v) is 3.77. The van der Waals surface area contributed by atoms with Gasteiger partial charge in [0.25, 0.3) is 0 Å². The van der Waals surface area contributed by atoms with Crippen LogP contribution in [0.25, 0.3) is 0 Å². The van der Waals surface area contributed by atoms with Crippen LogP contribution in [0.3, 0.4) is 0 Å². The highest BCUT2D eigenvalue weighted by Gasteiger charge is 2.45. The van der Waals surface area contributed by atoms with E-state index in [2.05, 4.69) is 0 Å². The highest BCUT2D eigenvalue weighted by Crippen LogP contribution is 2.26. The number of carbonyl (C=O) groups excluding carboxylic acids is 2. The largest absolute Gasteiger partial charge is 0.466 e. The minimum atomic E-state index is -2.01. The molecule has 0 spiro atoms. The molecule has 1 aliphatic rings. The van der Waals surface area contributed by atoms with Gasteiger partial charge in [-0.1, -0.05) is 39.3 Å². The van der Waals surface area contributed by atoms with E-state index in [1.165, 1.54) is 12.1 Å². The van der Waals surface area contributed by atoms with Gasteiger partial charge in [0.2, 0.25) is 6.29 Å². The summed E-state index contributed by atoms with van der Waals surface area (Å²) in [5, 5.41) is 50.0. The molecule has 0 aliphatic carbocycles. The van der Waals surface area contributed by atoms with E-state index in [0.29, 0.717) is 12.0 Å². The van der Waals surface area contributed by atoms with Gasteiger partial charge in [-0.25, -0.2) is 4.79 Å². The maximum Gasteiger partial charge on any atom is 0.339 e. The number of aliphatic hydroxyl groups is 5. The first kappa shape index (κ1) is 29.9. The highest BCUT2D eigenvalue weighted by atomic mass is 16.7. The second kappa shape index (κ2) is 13.9. The first-order valence-electron chi connectivity index (χ1n) is 12.1. The van der Waals surface area contributed by atoms with Crippen molar-refractivity contribution in [2.75, 3.05) is 13.2 Å². The molecule has 0 radical (unpaired) electrons. The van der Waals surface area contributed by atoms with E-state index in [1.807, 2.05) is 20.8 Å². The van der Waals surface area contributed by atoms with E-state index in [9.17, 15) is 35.1 Å². The Labute approximate surface area is 210 Å². The van der Waals surface area contributed by atoms with Gasteiger partial charge in [0, 0.05) is 0 Å². The van der Waals surface area contributed by atoms with Gasteiger partial charge in [0.1, 0.15) is 36.8 Å². The zero-order chi connectivity index (χ0) is 26.9. The maximum atomic E-state index is 12.7. The summed E-state index contributed by atoms with van der Waals surface area (Å²) in [7, 11) is 0. The maximum absolute atomic E-state index is 12.7. The van der Waals surface area contributed by atoms with Gasteiger partial charge in [0.15, 0.2) is 5.60 Å². The molecule has 0 amide bonds. The monoisotopic (exact) mass is 514 g/mol. The molecule has 1 aliphatic heterocycles. The smallest absolute Gasteiger partial charge is 0.339 e. The Balaban J connectivity index is 1.96. The number of hydrogen-bond donors (Lipinski definition) is 5. The summed E-state index contributed by atoms with van der Waals surface area (Å²) in [6, 6.07) is 6.17. The number of esters is 2. The van der Waals surface area contributed by atoms with E-state index in [-0.39, 0.29) is 31.3 Å². The average molecular weight is 515 g/mol. The average Bonchev–Trinajstić information content (AvgIpc) is 2.83. The zero-order valence-corrected chi connectivity index (χ0v) is 20.9. The van der Waals surface area contributed by atoms with Crippen LogP contribution < -0.4 is 4.74 Å². The summed E-state index contributed by atoms with van der Waals surface area (Å²) >= 11 is 0. The Kier molecular flexibility index (Phi) is 11.5. The van der Waals surface area contributed by atoms with Gasteiger partial charge in [0.05, 0.1) is 19.6 Å². The van der Waals surface area contributed by atoms with E-state index < -0.39 is 61.3 Å². The van der Waals surface area contributed by atoms with Gasteiger partial charge in [-0.2, -0.15) is 0 Å². The van der Waals surface area contributed by atoms with Crippen molar-refractivity contribution in [2.45, 2.75) is 89.4 Å². The highest BCUT2D eigenvalue weighted by molar-refractivity contribution is 5.85. The molecule has 11 nitrogen and oxygen atoms in total. The van der Waals surface area contributed by atoms with Crippen LogP contribution in [0, 0.1) is 5.92 Å². The Morgan fingerprint density at radius 3 is 2.31 bits per heavy atom. The fraction of sp³-hybridized carbons (Fsp3) is 0.680. The third-order valence-electron chi connectivity index (χ3n) is 5.72. The molecule has 204 valence electrons. The Hall–Kier alpha value is -2.28. The molecule has 1 aromatic carbocycles. The summed E-state index contributed by atoms with van der Waals surface area (Å²) in [4.78, 5) is 24.8. The van der Waals surface area contributed by atoms with Gasteiger partial charge >= 0.3 is 11.9 Å². The summed E-state index contributed by atoms with van der Waals surface area (Å²) in [5.41, 5.74) is -1.45. The molecule has 0 bridgehead atoms. The molecule has 2 rings (SSSR count). The van der Waals surface area contributed by atoms with Crippen molar-refractivity contribution >= 4 is 11.9 Å². The number of carbonyl (C=O) groups is 2. The van der Waals surface area contributed by atoms with Gasteiger partial charge in [-0.3, -0.25) is 4.79 Å². The van der Waals surface area contributed by atoms with Crippen LogP contribution in [-0.4, -0.2) is 87.0 Å². The number of hydrogen-bond acceptors (Lipinski definition) is 11. The lowest BCUT2D eigenvalue weighted by Crippen LogP contribution is -2.60. The molecule has 11 heteroatoms. The Bertz CT molecular complexity index is 826. The lowest BCUT2D eigenvalue weighted by Gasteiger charge is -2.39. The zero-order valence-electron chi connectivity index (χ0n) is 20.9. The third-order valence-corrected chi connectivity index (χ3v) is 5.72. The van der Waals surface area contributed by atoms with Gasteiger partial charge in [-0.15, -0.1) is 0 Å². The molecule has 0 saturated carbocycles. The summed E-state index contributed by atoms with van der Waals surface area (Å²) < 4.78 is 21.2. The van der Waals surface area contributed by atoms with Crippen LogP contribution in [0.4, 0.5) is 0 Å². The van der Waals surface area contributed by atoms with Crippen molar-refractivity contribution < 1.29 is 54.1 Å². The number of aliphatic hydroxyl groups excluding tert-OH is 4. The van der Waals surface area contributed by atoms with Crippen molar-refractivity contribution in [3.63, 3.8) is 0 Å². The molecule has 1 saturated heterocycles. The van der Waals surface area contributed by atoms with Crippen molar-refractivity contribution in [1.29, 1.82) is 0 Å². The molecule has 1 aromatic rings. The molecule has 0 unspecified atom stereocenters. The quantitative estimate of drug-likeness (QED) is 0.182. The topological polar surface area (TPSA) is 172 Å². The van der Waals surface area contributed by atoms with Crippen molar-refractivity contribution in [3.05, 3.63) is 29.8 Å². The first-order valence-corrected chi connectivity index (χ1v) is 12.1. The standard InChI is InChI=1S/C25H38O11/c1-4-5-10-33-19(27)12-25(32,11-15(2)3)24(31)34-14-16-6-8-17(9-7-16)35-23-22(30)21(29)20(28)18(13-26)36-23/h6-9,15,18,20-23,26,28-30,32H,4-5,10-14H2,1-3H3/t18-,20-,21+,22-,23-,25-/m1/s1. The number of ether oxygens (including phenoxy) is 4. The SMILES string of the molecule is CCCCOC(=O)C[C@](O)(CC(C)C)C(=O)OCc1ccc(O[C@@H]2O[C@H](CO)[C@@H](O)[C@H](O)[C@H]2O)cc1. The predicted octanol–water partition coefficient (Wildman–Crippen LogP) is 0.419. The second-order valence-electron chi connectivity index (χ2n) is 9.42. The van der Waals surface area contributed by atoms with E-state index in [0.717, 1.165) is 6.42 Å². The second-order valence-corrected chi connectivity index (χ2v) is 9.42. The summed E-state index contributed by atoms with van der Waals surface area (Å²) in [6.45, 7) is 5.05. The van der Waals surface area contributed by atoms with E-state index in [4.69, 9.17) is 18.9 Å². The van der Waals surface area contributed by atoms with Crippen molar-refractivity contribution in [2.24, 2.45) is 5.92 Å². The van der Waals surface area contributed by atoms with Crippen LogP contribution in [0.2, 0.25) is 0 Å². The summed E-state index contributed by atoms with van der Waals surface area (Å²) in [5.74, 6) is -1.42. The van der Waals surface area contributed by atoms with E-state index in [1.54, 1.807) is 12.1 Å². The Morgan fingerprint density at radius 2 is 1.72 bits per heavy atom. The number of benzene rings is 1. The normalized spacial score (nSPS) is 25.8. The molecule has 1 heterocycles. The molecule has 6 atom stereocenters. The first-order chi connectivity index (χ1) is 17.0. The van der Waals surface area contributed by atoms with Gasteiger partial charge in [-0.05, 0) is 36.5 Å². The number of rotatable bonds is 13. The van der Waals surface area contributed by atoms with Crippen LogP contribution in [0.5, 0.6) is 5.75 Å².